The van der Waals surface area contributed by atoms with E-state index >= 15 is 0 Å². The summed E-state index contributed by atoms with van der Waals surface area (Å²) >= 11 is 4.82. The van der Waals surface area contributed by atoms with Crippen LogP contribution in [0.3, 0.4) is 0 Å². The van der Waals surface area contributed by atoms with Crippen molar-refractivity contribution >= 4 is 22.8 Å². The van der Waals surface area contributed by atoms with Crippen LogP contribution in [0.5, 0.6) is 0 Å². The number of hydrogen-bond acceptors (Lipinski definition) is 3. The maximum absolute atomic E-state index is 12.2. The molecule has 2 aromatic heterocycles. The van der Waals surface area contributed by atoms with E-state index in [1.807, 2.05) is 20.8 Å². The Balaban J connectivity index is 2.35. The number of hydrogen-bond donors (Lipinski definition) is 0. The van der Waals surface area contributed by atoms with E-state index in [0.29, 0.717) is 15.9 Å². The average Bonchev–Trinajstić information content (AvgIpc) is 2.76. The lowest BCUT2D eigenvalue weighted by Gasteiger charge is -2.21. The van der Waals surface area contributed by atoms with Gasteiger partial charge in [-0.15, -0.1) is 5.10 Å². The third kappa shape index (κ3) is 2.68. The minimum Gasteiger partial charge on any atom is -0.610 e. The second-order valence-electron chi connectivity index (χ2n) is 4.71. The Bertz CT molecular complexity index is 550. The van der Waals surface area contributed by atoms with Crippen molar-refractivity contribution in [2.45, 2.75) is 30.5 Å². The van der Waals surface area contributed by atoms with Crippen LogP contribution in [0.1, 0.15) is 20.8 Å². The Hall–Kier alpha value is -1.04. The van der Waals surface area contributed by atoms with Gasteiger partial charge in [0.05, 0.1) is 5.02 Å². The third-order valence-electron chi connectivity index (χ3n) is 2.19. The fourth-order valence-corrected chi connectivity index (χ4v) is 2.46. The van der Waals surface area contributed by atoms with E-state index < -0.39 is 11.2 Å². The maximum atomic E-state index is 12.2. The van der Waals surface area contributed by atoms with E-state index in [1.165, 1.54) is 4.68 Å². The van der Waals surface area contributed by atoms with Crippen molar-refractivity contribution in [1.29, 1.82) is 0 Å². The van der Waals surface area contributed by atoms with Crippen molar-refractivity contribution in [3.63, 3.8) is 0 Å². The number of nitrogens with zero attached hydrogens (tertiary/aromatic N) is 3. The summed E-state index contributed by atoms with van der Waals surface area (Å²) in [5.41, 5.74) is 0. The van der Waals surface area contributed by atoms with Gasteiger partial charge in [-0.05, 0) is 32.9 Å². The van der Waals surface area contributed by atoms with Gasteiger partial charge in [-0.2, -0.15) is 0 Å². The van der Waals surface area contributed by atoms with Gasteiger partial charge in [0.15, 0.2) is 5.82 Å². The van der Waals surface area contributed by atoms with Crippen molar-refractivity contribution in [3.05, 3.63) is 35.6 Å². The third-order valence-corrected chi connectivity index (χ3v) is 4.18. The highest BCUT2D eigenvalue weighted by atomic mass is 35.5. The summed E-state index contributed by atoms with van der Waals surface area (Å²) in [6.07, 6.45) is 4.50. The predicted octanol–water partition coefficient (Wildman–Crippen LogP) is 2.63. The molecule has 6 heteroatoms. The highest BCUT2D eigenvalue weighted by Crippen LogP contribution is 2.24. The van der Waals surface area contributed by atoms with Gasteiger partial charge in [0.1, 0.15) is 10.9 Å². The molecule has 0 amide bonds. The summed E-state index contributed by atoms with van der Waals surface area (Å²) in [7, 11) is 0. The van der Waals surface area contributed by atoms with E-state index in [-0.39, 0.29) is 4.75 Å². The zero-order chi connectivity index (χ0) is 13.3. The molecule has 0 aliphatic heterocycles. The molecule has 4 nitrogen and oxygen atoms in total. The number of aromatic nitrogens is 3. The van der Waals surface area contributed by atoms with Crippen LogP contribution in [-0.4, -0.2) is 24.1 Å². The quantitative estimate of drug-likeness (QED) is 0.796. The Morgan fingerprint density at radius 3 is 2.78 bits per heavy atom. The lowest BCUT2D eigenvalue weighted by Crippen LogP contribution is -2.28. The van der Waals surface area contributed by atoms with Gasteiger partial charge in [0.25, 0.3) is 5.03 Å². The molecule has 1 radical (unpaired) electrons. The highest BCUT2D eigenvalue weighted by Gasteiger charge is 2.30. The lowest BCUT2D eigenvalue weighted by atomic mass is 10.3. The molecule has 18 heavy (non-hydrogen) atoms. The minimum atomic E-state index is -1.19. The largest absolute Gasteiger partial charge is 0.610 e. The molecule has 2 rings (SSSR count). The van der Waals surface area contributed by atoms with E-state index in [4.69, 9.17) is 11.6 Å². The second kappa shape index (κ2) is 4.91. The van der Waals surface area contributed by atoms with Crippen molar-refractivity contribution in [2.24, 2.45) is 0 Å². The topological polar surface area (TPSA) is 53.8 Å². The minimum absolute atomic E-state index is 0.360. The molecule has 2 heterocycles. The van der Waals surface area contributed by atoms with Gasteiger partial charge < -0.3 is 4.55 Å². The fraction of sp³-hybridized carbons (Fsp3) is 0.333. The summed E-state index contributed by atoms with van der Waals surface area (Å²) in [5, 5.41) is 5.17. The van der Waals surface area contributed by atoms with Crippen LogP contribution in [0.4, 0.5) is 0 Å². The maximum Gasteiger partial charge on any atom is 0.264 e. The standard InChI is InChI=1S/C12H13ClN3OS/c1-12(2,3)18(17)10-6-8-16(15-10)11-9(13)5-4-7-14-11/h4-7H,1-3H3. The first kappa shape index (κ1) is 13.4. The number of rotatable bonds is 2. The van der Waals surface area contributed by atoms with E-state index in [2.05, 4.69) is 16.3 Å². The highest BCUT2D eigenvalue weighted by molar-refractivity contribution is 7.92. The van der Waals surface area contributed by atoms with Crippen LogP contribution in [0.15, 0.2) is 29.4 Å². The lowest BCUT2D eigenvalue weighted by molar-refractivity contribution is 0.553. The van der Waals surface area contributed by atoms with Crippen LogP contribution in [0.2, 0.25) is 5.02 Å². The van der Waals surface area contributed by atoms with E-state index in [9.17, 15) is 4.55 Å². The molecule has 0 saturated heterocycles. The summed E-state index contributed by atoms with van der Waals surface area (Å²) in [4.78, 5) is 4.12. The zero-order valence-corrected chi connectivity index (χ0v) is 11.9. The van der Waals surface area contributed by atoms with Gasteiger partial charge in [-0.3, -0.25) is 0 Å². The first-order valence-corrected chi connectivity index (χ1v) is 6.93. The Kier molecular flexibility index (Phi) is 3.66. The zero-order valence-electron chi connectivity index (χ0n) is 10.3. The van der Waals surface area contributed by atoms with Crippen LogP contribution < -0.4 is 0 Å². The second-order valence-corrected chi connectivity index (χ2v) is 7.30. The van der Waals surface area contributed by atoms with Crippen LogP contribution in [-0.2, 0) is 11.2 Å². The summed E-state index contributed by atoms with van der Waals surface area (Å²) in [6, 6.07) is 5.07. The molecular weight excluding hydrogens is 270 g/mol. The smallest absolute Gasteiger partial charge is 0.264 e. The fourth-order valence-electron chi connectivity index (χ4n) is 1.32. The molecule has 0 fully saturated rings. The van der Waals surface area contributed by atoms with Gasteiger partial charge >= 0.3 is 0 Å². The summed E-state index contributed by atoms with van der Waals surface area (Å²) in [6.45, 7) is 5.70. The molecule has 95 valence electrons. The molecule has 2 aromatic rings. The van der Waals surface area contributed by atoms with Crippen LogP contribution in [0.25, 0.3) is 5.82 Å². The van der Waals surface area contributed by atoms with Crippen molar-refractivity contribution < 1.29 is 4.55 Å². The van der Waals surface area contributed by atoms with Crippen molar-refractivity contribution in [3.8, 4) is 5.82 Å². The Morgan fingerprint density at radius 2 is 2.17 bits per heavy atom. The average molecular weight is 283 g/mol. The normalized spacial score (nSPS) is 13.6. The monoisotopic (exact) mass is 282 g/mol. The molecule has 1 unspecified atom stereocenters. The predicted molar refractivity (Wildman–Crippen MR) is 71.4 cm³/mol. The first-order chi connectivity index (χ1) is 8.39. The number of halogens is 1. The van der Waals surface area contributed by atoms with Gasteiger partial charge in [-0.1, -0.05) is 11.6 Å². The Morgan fingerprint density at radius 1 is 1.44 bits per heavy atom. The van der Waals surface area contributed by atoms with Gasteiger partial charge in [0.2, 0.25) is 0 Å². The van der Waals surface area contributed by atoms with Crippen molar-refractivity contribution in [1.82, 2.24) is 14.8 Å². The van der Waals surface area contributed by atoms with E-state index in [1.54, 1.807) is 24.4 Å². The van der Waals surface area contributed by atoms with Gasteiger partial charge in [-0.25, -0.2) is 9.67 Å². The SMILES string of the molecule is CC(C)(C)[S+]([O-])c1c[c]n(-c2ncccc2Cl)n1. The molecule has 1 atom stereocenters. The molecule has 0 bridgehead atoms. The van der Waals surface area contributed by atoms with Crippen LogP contribution >= 0.6 is 11.6 Å². The molecule has 0 saturated carbocycles. The van der Waals surface area contributed by atoms with Gasteiger partial charge in [0, 0.05) is 23.4 Å². The summed E-state index contributed by atoms with van der Waals surface area (Å²) in [5.74, 6) is 0.483. The molecule has 0 aliphatic rings. The van der Waals surface area contributed by atoms with E-state index in [0.717, 1.165) is 0 Å². The molecule has 0 aromatic carbocycles. The van der Waals surface area contributed by atoms with Crippen LogP contribution in [0, 0.1) is 6.20 Å². The Labute approximate surface area is 114 Å². The first-order valence-electron chi connectivity index (χ1n) is 5.40. The molecule has 0 aliphatic carbocycles. The number of pyridine rings is 1. The van der Waals surface area contributed by atoms with Crippen molar-refractivity contribution in [2.75, 3.05) is 0 Å². The molecular formula is C12H13ClN3OS. The summed E-state index contributed by atoms with van der Waals surface area (Å²) < 4.78 is 13.2. The molecule has 0 N–H and O–H groups in total. The molecule has 0 spiro atoms.